The Morgan fingerprint density at radius 3 is 2.41 bits per heavy atom. The van der Waals surface area contributed by atoms with E-state index in [4.69, 9.17) is 9.47 Å². The topological polar surface area (TPSA) is 79.3 Å². The van der Waals surface area contributed by atoms with Crippen molar-refractivity contribution in [2.24, 2.45) is 11.8 Å². The van der Waals surface area contributed by atoms with Crippen molar-refractivity contribution in [2.75, 3.05) is 31.6 Å². The number of carbonyl (C=O) groups excluding carboxylic acids is 1. The highest BCUT2D eigenvalue weighted by Gasteiger charge is 2.39. The lowest BCUT2D eigenvalue weighted by Crippen LogP contribution is -2.57. The molecule has 1 N–H and O–H groups in total. The first-order valence-electron chi connectivity index (χ1n) is 13.7. The maximum atomic E-state index is 13.6. The molecule has 3 atom stereocenters. The van der Waals surface area contributed by atoms with Crippen molar-refractivity contribution in [1.29, 1.82) is 0 Å². The summed E-state index contributed by atoms with van der Waals surface area (Å²) >= 11 is 0. The standard InChI is InChI=1S/C30H38N2O5/c1-36-27-14-13-24(19-28(27)37-26-9-5-6-10-26)31-15-16-32(25(20-31)17-21-7-3-2-4-8-21)29(33)22-11-12-23(18-22)30(34)35/h2-4,7-8,13-14,19,22-23,25-26H,5-6,9-12,15-18,20H2,1H3,(H,34,35)/t22-,23+,25-/m0/s1. The van der Waals surface area contributed by atoms with Crippen molar-refractivity contribution < 1.29 is 24.2 Å². The van der Waals surface area contributed by atoms with Gasteiger partial charge in [0.2, 0.25) is 5.91 Å². The zero-order valence-electron chi connectivity index (χ0n) is 21.7. The van der Waals surface area contributed by atoms with E-state index in [0.29, 0.717) is 32.4 Å². The Morgan fingerprint density at radius 1 is 0.946 bits per heavy atom. The molecule has 2 aliphatic carbocycles. The number of rotatable bonds is 8. The number of carbonyl (C=O) groups is 2. The van der Waals surface area contributed by atoms with Crippen molar-refractivity contribution in [3.63, 3.8) is 0 Å². The molecular weight excluding hydrogens is 468 g/mol. The van der Waals surface area contributed by atoms with E-state index < -0.39 is 11.9 Å². The molecule has 0 radical (unpaired) electrons. The maximum absolute atomic E-state index is 13.6. The number of amides is 1. The third-order valence-electron chi connectivity index (χ3n) is 8.32. The Bertz CT molecular complexity index is 1080. The minimum atomic E-state index is -0.781. The van der Waals surface area contributed by atoms with E-state index in [2.05, 4.69) is 29.2 Å². The van der Waals surface area contributed by atoms with Crippen LogP contribution in [0.2, 0.25) is 0 Å². The molecule has 2 aromatic rings. The second kappa shape index (κ2) is 11.4. The zero-order chi connectivity index (χ0) is 25.8. The Kier molecular flexibility index (Phi) is 7.87. The Hall–Kier alpha value is -3.22. The highest BCUT2D eigenvalue weighted by molar-refractivity contribution is 5.81. The predicted octanol–water partition coefficient (Wildman–Crippen LogP) is 4.78. The summed E-state index contributed by atoms with van der Waals surface area (Å²) in [6, 6.07) is 16.4. The summed E-state index contributed by atoms with van der Waals surface area (Å²) in [6.07, 6.45) is 7.28. The number of nitrogens with zero attached hydrogens (tertiary/aromatic N) is 2. The van der Waals surface area contributed by atoms with Crippen LogP contribution in [0.4, 0.5) is 5.69 Å². The summed E-state index contributed by atoms with van der Waals surface area (Å²) in [5.74, 6) is 0.273. The molecule has 2 saturated carbocycles. The lowest BCUT2D eigenvalue weighted by Gasteiger charge is -2.43. The predicted molar refractivity (Wildman–Crippen MR) is 142 cm³/mol. The number of hydrogen-bond acceptors (Lipinski definition) is 5. The minimum Gasteiger partial charge on any atom is -0.493 e. The molecule has 5 rings (SSSR count). The van der Waals surface area contributed by atoms with E-state index in [-0.39, 0.29) is 24.0 Å². The first kappa shape index (κ1) is 25.4. The molecule has 7 nitrogen and oxygen atoms in total. The fourth-order valence-electron chi connectivity index (χ4n) is 6.25. The number of hydrogen-bond donors (Lipinski definition) is 1. The first-order valence-corrected chi connectivity index (χ1v) is 13.7. The Labute approximate surface area is 219 Å². The van der Waals surface area contributed by atoms with Gasteiger partial charge in [0.15, 0.2) is 11.5 Å². The van der Waals surface area contributed by atoms with Gasteiger partial charge in [-0.05, 0) is 69.1 Å². The quantitative estimate of drug-likeness (QED) is 0.555. The summed E-state index contributed by atoms with van der Waals surface area (Å²) in [5.41, 5.74) is 2.27. The summed E-state index contributed by atoms with van der Waals surface area (Å²) in [7, 11) is 1.68. The molecule has 1 amide bonds. The molecule has 1 heterocycles. The van der Waals surface area contributed by atoms with Gasteiger partial charge in [-0.3, -0.25) is 9.59 Å². The number of ether oxygens (including phenoxy) is 2. The average molecular weight is 507 g/mol. The van der Waals surface area contributed by atoms with E-state index in [1.807, 2.05) is 29.2 Å². The van der Waals surface area contributed by atoms with Gasteiger partial charge < -0.3 is 24.4 Å². The van der Waals surface area contributed by atoms with E-state index in [1.165, 1.54) is 18.4 Å². The third kappa shape index (κ3) is 5.86. The monoisotopic (exact) mass is 506 g/mol. The number of carboxylic acid groups (broad SMARTS) is 1. The molecule has 1 saturated heterocycles. The van der Waals surface area contributed by atoms with Gasteiger partial charge in [0, 0.05) is 37.3 Å². The molecule has 7 heteroatoms. The molecule has 3 aliphatic rings. The van der Waals surface area contributed by atoms with Gasteiger partial charge in [-0.15, -0.1) is 0 Å². The second-order valence-electron chi connectivity index (χ2n) is 10.7. The van der Waals surface area contributed by atoms with E-state index >= 15 is 0 Å². The molecule has 0 bridgehead atoms. The lowest BCUT2D eigenvalue weighted by atomic mass is 9.97. The van der Waals surface area contributed by atoms with Crippen LogP contribution in [0.1, 0.15) is 50.5 Å². The zero-order valence-corrected chi connectivity index (χ0v) is 21.7. The number of benzene rings is 2. The van der Waals surface area contributed by atoms with Crippen LogP contribution < -0.4 is 14.4 Å². The molecule has 0 aromatic heterocycles. The molecule has 198 valence electrons. The van der Waals surface area contributed by atoms with Crippen molar-refractivity contribution in [3.05, 3.63) is 54.1 Å². The number of piperazine rings is 1. The molecule has 1 aliphatic heterocycles. The average Bonchev–Trinajstić information content (AvgIpc) is 3.62. The van der Waals surface area contributed by atoms with E-state index in [1.54, 1.807) is 7.11 Å². The van der Waals surface area contributed by atoms with E-state index in [9.17, 15) is 14.7 Å². The number of anilines is 1. The third-order valence-corrected chi connectivity index (χ3v) is 8.32. The van der Waals surface area contributed by atoms with Gasteiger partial charge in [0.05, 0.1) is 25.2 Å². The second-order valence-corrected chi connectivity index (χ2v) is 10.7. The van der Waals surface area contributed by atoms with Gasteiger partial charge in [0.25, 0.3) is 0 Å². The van der Waals surface area contributed by atoms with Crippen molar-refractivity contribution in [3.8, 4) is 11.5 Å². The van der Waals surface area contributed by atoms with Crippen molar-refractivity contribution in [2.45, 2.75) is 63.5 Å². The van der Waals surface area contributed by atoms with Crippen LogP contribution in [-0.2, 0) is 16.0 Å². The van der Waals surface area contributed by atoms with Gasteiger partial charge in [0.1, 0.15) is 0 Å². The fraction of sp³-hybridized carbons (Fsp3) is 0.533. The highest BCUT2D eigenvalue weighted by atomic mass is 16.5. The largest absolute Gasteiger partial charge is 0.493 e. The number of carboxylic acids is 1. The number of aliphatic carboxylic acids is 1. The van der Waals surface area contributed by atoms with E-state index in [0.717, 1.165) is 43.0 Å². The summed E-state index contributed by atoms with van der Waals surface area (Å²) in [5, 5.41) is 9.43. The molecular formula is C30H38N2O5. The van der Waals surface area contributed by atoms with Crippen molar-refractivity contribution >= 4 is 17.6 Å². The number of methoxy groups -OCH3 is 1. The molecule has 0 unspecified atom stereocenters. The van der Waals surface area contributed by atoms with Gasteiger partial charge in [-0.2, -0.15) is 0 Å². The summed E-state index contributed by atoms with van der Waals surface area (Å²) in [4.78, 5) is 29.5. The Morgan fingerprint density at radius 2 is 1.70 bits per heavy atom. The van der Waals surface area contributed by atoms with Crippen LogP contribution in [0.5, 0.6) is 11.5 Å². The van der Waals surface area contributed by atoms with Crippen molar-refractivity contribution in [1.82, 2.24) is 4.90 Å². The summed E-state index contributed by atoms with van der Waals surface area (Å²) in [6.45, 7) is 2.06. The Balaban J connectivity index is 1.35. The van der Waals surface area contributed by atoms with Crippen LogP contribution in [0.3, 0.4) is 0 Å². The van der Waals surface area contributed by atoms with Gasteiger partial charge in [-0.1, -0.05) is 30.3 Å². The maximum Gasteiger partial charge on any atom is 0.306 e. The van der Waals surface area contributed by atoms with Gasteiger partial charge in [-0.25, -0.2) is 0 Å². The summed E-state index contributed by atoms with van der Waals surface area (Å²) < 4.78 is 11.9. The SMILES string of the molecule is COc1ccc(N2CCN(C(=O)[C@H]3CC[C@@H](C(=O)O)C3)[C@@H](Cc3ccccc3)C2)cc1OC1CCCC1. The van der Waals surface area contributed by atoms with Gasteiger partial charge >= 0.3 is 5.97 Å². The first-order chi connectivity index (χ1) is 18.0. The molecule has 0 spiro atoms. The van der Waals surface area contributed by atoms with Crippen LogP contribution in [0, 0.1) is 11.8 Å². The minimum absolute atomic E-state index is 0.00818. The lowest BCUT2D eigenvalue weighted by molar-refractivity contribution is -0.142. The van der Waals surface area contributed by atoms with Crippen LogP contribution >= 0.6 is 0 Å². The smallest absolute Gasteiger partial charge is 0.306 e. The normalized spacial score (nSPS) is 24.3. The highest BCUT2D eigenvalue weighted by Crippen LogP contribution is 2.37. The van der Waals surface area contributed by atoms with Crippen LogP contribution in [0.15, 0.2) is 48.5 Å². The molecule has 2 aromatic carbocycles. The fourth-order valence-corrected chi connectivity index (χ4v) is 6.25. The van der Waals surface area contributed by atoms with Crippen LogP contribution in [0.25, 0.3) is 0 Å². The molecule has 3 fully saturated rings. The van der Waals surface area contributed by atoms with Crippen LogP contribution in [-0.4, -0.2) is 60.8 Å². The molecule has 37 heavy (non-hydrogen) atoms.